The number of rotatable bonds is 10. The molecule has 0 fully saturated rings. The lowest BCUT2D eigenvalue weighted by molar-refractivity contribution is 0.426. The molecule has 0 spiro atoms. The van der Waals surface area contributed by atoms with E-state index in [4.69, 9.17) is 16.9 Å². The van der Waals surface area contributed by atoms with Crippen molar-refractivity contribution in [1.82, 2.24) is 15.6 Å². The predicted octanol–water partition coefficient (Wildman–Crippen LogP) is 7.19. The van der Waals surface area contributed by atoms with Crippen molar-refractivity contribution in [2.24, 2.45) is 5.73 Å². The molecule has 3 aromatic carbocycles. The van der Waals surface area contributed by atoms with Gasteiger partial charge in [-0.25, -0.2) is 8.78 Å². The first-order valence-electron chi connectivity index (χ1n) is 13.5. The van der Waals surface area contributed by atoms with E-state index in [9.17, 15) is 0 Å². The molecule has 1 aliphatic rings. The van der Waals surface area contributed by atoms with Crippen LogP contribution < -0.4 is 21.1 Å². The van der Waals surface area contributed by atoms with Gasteiger partial charge in [0.1, 0.15) is 17.7 Å². The summed E-state index contributed by atoms with van der Waals surface area (Å²) in [4.78, 5) is 3.00. The lowest BCUT2D eigenvalue weighted by Crippen LogP contribution is -2.33. The number of halogens is 2. The number of allylic oxidation sites excluding steroid dienone is 1. The lowest BCUT2D eigenvalue weighted by Gasteiger charge is -2.33. The Kier molecular flexibility index (Phi) is 7.81. The van der Waals surface area contributed by atoms with Crippen LogP contribution in [0.1, 0.15) is 61.0 Å². The molecule has 1 aliphatic heterocycles. The number of ether oxygens (including phenoxy) is 1. The number of aromatic amines is 1. The van der Waals surface area contributed by atoms with Crippen molar-refractivity contribution < 1.29 is 13.5 Å². The van der Waals surface area contributed by atoms with Crippen LogP contribution >= 0.6 is 0 Å². The van der Waals surface area contributed by atoms with E-state index in [0.29, 0.717) is 22.4 Å². The van der Waals surface area contributed by atoms with Crippen molar-refractivity contribution >= 4 is 10.9 Å². The van der Waals surface area contributed by atoms with Crippen molar-refractivity contribution in [3.8, 4) is 23.8 Å². The SMILES string of the molecule is C#CCCCCC(C)(C1=CNC(c2cc(Oc3c(F)cc4[nH]ccc4c3CN)ccc2F)N1)c1cccc(C)c1. The Morgan fingerprint density at radius 3 is 2.70 bits per heavy atom. The molecular formula is C33H34F2N4O. The highest BCUT2D eigenvalue weighted by Crippen LogP contribution is 2.40. The Bertz CT molecular complexity index is 1600. The highest BCUT2D eigenvalue weighted by Gasteiger charge is 2.35. The van der Waals surface area contributed by atoms with Crippen molar-refractivity contribution in [2.45, 2.75) is 57.7 Å². The summed E-state index contributed by atoms with van der Waals surface area (Å²) in [6.45, 7) is 4.37. The van der Waals surface area contributed by atoms with Crippen LogP contribution in [-0.4, -0.2) is 4.98 Å². The molecule has 0 aliphatic carbocycles. The summed E-state index contributed by atoms with van der Waals surface area (Å²) in [5.74, 6) is 2.13. The third-order valence-corrected chi connectivity index (χ3v) is 7.76. The van der Waals surface area contributed by atoms with Gasteiger partial charge in [-0.3, -0.25) is 0 Å². The molecule has 5 nitrogen and oxygen atoms in total. The van der Waals surface area contributed by atoms with Crippen LogP contribution in [0, 0.1) is 30.9 Å². The largest absolute Gasteiger partial charge is 0.454 e. The van der Waals surface area contributed by atoms with E-state index < -0.39 is 17.8 Å². The smallest absolute Gasteiger partial charge is 0.168 e. The van der Waals surface area contributed by atoms with Crippen LogP contribution in [-0.2, 0) is 12.0 Å². The van der Waals surface area contributed by atoms with Gasteiger partial charge >= 0.3 is 0 Å². The third kappa shape index (κ3) is 5.28. The number of terminal acetylenes is 1. The molecule has 0 bridgehead atoms. The number of unbranched alkanes of at least 4 members (excludes halogenated alkanes) is 2. The molecule has 0 amide bonds. The van der Waals surface area contributed by atoms with Crippen LogP contribution in [0.5, 0.6) is 11.5 Å². The van der Waals surface area contributed by atoms with Crippen molar-refractivity contribution in [1.29, 1.82) is 0 Å². The minimum Gasteiger partial charge on any atom is -0.454 e. The molecule has 0 saturated carbocycles. The zero-order chi connectivity index (χ0) is 28.3. The van der Waals surface area contributed by atoms with E-state index in [1.54, 1.807) is 12.3 Å². The fraction of sp³-hybridized carbons (Fsp3) is 0.273. The molecule has 0 saturated heterocycles. The molecule has 4 aromatic rings. The summed E-state index contributed by atoms with van der Waals surface area (Å²) < 4.78 is 36.2. The quantitative estimate of drug-likeness (QED) is 0.127. The Labute approximate surface area is 233 Å². The highest BCUT2D eigenvalue weighted by molar-refractivity contribution is 5.85. The molecule has 1 aromatic heterocycles. The Hall–Kier alpha value is -4.28. The maximum atomic E-state index is 15.2. The van der Waals surface area contributed by atoms with Crippen molar-refractivity contribution in [2.75, 3.05) is 0 Å². The fourth-order valence-corrected chi connectivity index (χ4v) is 5.48. The molecule has 5 N–H and O–H groups in total. The normalized spacial score (nSPS) is 16.1. The summed E-state index contributed by atoms with van der Waals surface area (Å²) in [6.07, 6.45) is 12.1. The summed E-state index contributed by atoms with van der Waals surface area (Å²) >= 11 is 0. The van der Waals surface area contributed by atoms with Gasteiger partial charge in [-0.1, -0.05) is 36.2 Å². The van der Waals surface area contributed by atoms with E-state index in [1.807, 2.05) is 12.3 Å². The Morgan fingerprint density at radius 2 is 1.93 bits per heavy atom. The zero-order valence-corrected chi connectivity index (χ0v) is 22.8. The second-order valence-electron chi connectivity index (χ2n) is 10.5. The predicted molar refractivity (Wildman–Crippen MR) is 156 cm³/mol. The monoisotopic (exact) mass is 540 g/mol. The molecule has 206 valence electrons. The van der Waals surface area contributed by atoms with Crippen LogP contribution in [0.4, 0.5) is 8.78 Å². The van der Waals surface area contributed by atoms with Gasteiger partial charge in [-0.05, 0) is 56.5 Å². The topological polar surface area (TPSA) is 75.1 Å². The van der Waals surface area contributed by atoms with Crippen LogP contribution in [0.2, 0.25) is 0 Å². The Balaban J connectivity index is 1.41. The maximum absolute atomic E-state index is 15.2. The molecule has 2 unspecified atom stereocenters. The van der Waals surface area contributed by atoms with Gasteiger partial charge < -0.3 is 26.1 Å². The van der Waals surface area contributed by atoms with E-state index in [-0.39, 0.29) is 17.7 Å². The van der Waals surface area contributed by atoms with Crippen LogP contribution in [0.25, 0.3) is 10.9 Å². The first-order valence-corrected chi connectivity index (χ1v) is 13.5. The average molecular weight is 541 g/mol. The zero-order valence-electron chi connectivity index (χ0n) is 22.8. The standard InChI is InChI=1S/C33H34F2N4O/c1-4-5-6-7-14-33(3,22-10-8-9-21(2)16-22)30-20-38-32(39-30)25-17-23(11-12-27(25)34)40-31-26(19-36)24-13-15-37-29(24)18-28(31)35/h1,8-13,15-18,20,32,37-39H,5-7,14,19,36H2,2-3H3. The third-order valence-electron chi connectivity index (χ3n) is 7.76. The second-order valence-corrected chi connectivity index (χ2v) is 10.5. The number of hydrogen-bond acceptors (Lipinski definition) is 4. The second kappa shape index (κ2) is 11.4. The first-order chi connectivity index (χ1) is 19.3. The summed E-state index contributed by atoms with van der Waals surface area (Å²) in [6, 6.07) is 16.1. The minimum atomic E-state index is -0.541. The number of nitrogens with one attached hydrogen (secondary N) is 3. The molecule has 0 radical (unpaired) electrons. The highest BCUT2D eigenvalue weighted by atomic mass is 19.1. The summed E-state index contributed by atoms with van der Waals surface area (Å²) in [7, 11) is 0. The number of aromatic nitrogens is 1. The van der Waals surface area contributed by atoms with Gasteiger partial charge in [-0.2, -0.15) is 0 Å². The van der Waals surface area contributed by atoms with Crippen LogP contribution in [0.3, 0.4) is 0 Å². The number of fused-ring (bicyclic) bond motifs is 1. The van der Waals surface area contributed by atoms with Gasteiger partial charge in [-0.15, -0.1) is 12.3 Å². The molecule has 5 rings (SSSR count). The molecular weight excluding hydrogens is 506 g/mol. The Morgan fingerprint density at radius 1 is 1.07 bits per heavy atom. The van der Waals surface area contributed by atoms with Gasteiger partial charge in [0.2, 0.25) is 0 Å². The number of benzene rings is 3. The molecule has 7 heteroatoms. The minimum absolute atomic E-state index is 0.0392. The fourth-order valence-electron chi connectivity index (χ4n) is 5.48. The van der Waals surface area contributed by atoms with Crippen molar-refractivity contribution in [3.05, 3.63) is 107 Å². The van der Waals surface area contributed by atoms with Crippen LogP contribution in [0.15, 0.2) is 72.7 Å². The first kappa shape index (κ1) is 27.3. The maximum Gasteiger partial charge on any atom is 0.168 e. The van der Waals surface area contributed by atoms with E-state index in [1.165, 1.54) is 29.3 Å². The van der Waals surface area contributed by atoms with Gasteiger partial charge in [0.05, 0.1) is 0 Å². The molecule has 2 atom stereocenters. The molecule has 40 heavy (non-hydrogen) atoms. The lowest BCUT2D eigenvalue weighted by atomic mass is 9.75. The number of H-pyrrole nitrogens is 1. The van der Waals surface area contributed by atoms with E-state index >= 15 is 8.78 Å². The average Bonchev–Trinajstić information content (AvgIpc) is 3.63. The van der Waals surface area contributed by atoms with E-state index in [2.05, 4.69) is 59.7 Å². The number of hydrogen-bond donors (Lipinski definition) is 4. The summed E-state index contributed by atoms with van der Waals surface area (Å²) in [5, 5.41) is 7.60. The summed E-state index contributed by atoms with van der Waals surface area (Å²) in [5.41, 5.74) is 10.5. The molecule has 2 heterocycles. The van der Waals surface area contributed by atoms with Gasteiger partial charge in [0.15, 0.2) is 11.6 Å². The number of nitrogens with two attached hydrogens (primary N) is 1. The number of aryl methyl sites for hydroxylation is 1. The van der Waals surface area contributed by atoms with E-state index in [0.717, 1.165) is 36.8 Å². The van der Waals surface area contributed by atoms with Gasteiger partial charge in [0.25, 0.3) is 0 Å². The van der Waals surface area contributed by atoms with Gasteiger partial charge in [0, 0.05) is 64.6 Å². The van der Waals surface area contributed by atoms with Crippen molar-refractivity contribution in [3.63, 3.8) is 0 Å².